The average Bonchev–Trinajstić information content (AvgIpc) is 2.84. The molecule has 2 N–H and O–H groups in total. The van der Waals surface area contributed by atoms with Crippen molar-refractivity contribution in [2.75, 3.05) is 25.3 Å². The van der Waals surface area contributed by atoms with Gasteiger partial charge in [-0.05, 0) is 58.6 Å². The summed E-state index contributed by atoms with van der Waals surface area (Å²) < 4.78 is 10.7. The number of amides is 2. The van der Waals surface area contributed by atoms with E-state index in [0.717, 1.165) is 28.6 Å². The lowest BCUT2D eigenvalue weighted by molar-refractivity contribution is -0.150. The van der Waals surface area contributed by atoms with Crippen molar-refractivity contribution in [3.8, 4) is 11.8 Å². The fourth-order valence-electron chi connectivity index (χ4n) is 3.88. The Morgan fingerprint density at radius 2 is 1.89 bits per heavy atom. The van der Waals surface area contributed by atoms with Gasteiger partial charge in [0.2, 0.25) is 11.8 Å². The monoisotopic (exact) mass is 557 g/mol. The van der Waals surface area contributed by atoms with Crippen LogP contribution in [-0.4, -0.2) is 37.8 Å². The molecule has 0 unspecified atom stereocenters. The molecule has 2 atom stereocenters. The van der Waals surface area contributed by atoms with Crippen LogP contribution in [0.3, 0.4) is 0 Å². The van der Waals surface area contributed by atoms with E-state index < -0.39 is 23.7 Å². The molecule has 8 nitrogen and oxygen atoms in total. The van der Waals surface area contributed by atoms with Gasteiger partial charge in [-0.25, -0.2) is 0 Å². The third-order valence-corrected chi connectivity index (χ3v) is 7.25. The van der Waals surface area contributed by atoms with E-state index in [4.69, 9.17) is 9.47 Å². The Hall–Kier alpha value is -3.29. The molecular formula is C25H24BrN3O5S. The summed E-state index contributed by atoms with van der Waals surface area (Å²) in [6.45, 7) is 3.80. The molecule has 1 aliphatic heterocycles. The number of carbonyl (C=O) groups excluding carboxylic acids is 3. The van der Waals surface area contributed by atoms with Gasteiger partial charge >= 0.3 is 5.97 Å². The van der Waals surface area contributed by atoms with Crippen LogP contribution in [0.25, 0.3) is 0 Å². The molecule has 0 fully saturated rings. The van der Waals surface area contributed by atoms with Crippen LogP contribution in [0.15, 0.2) is 51.5 Å². The highest BCUT2D eigenvalue weighted by Gasteiger charge is 2.44. The molecule has 2 aromatic rings. The van der Waals surface area contributed by atoms with Gasteiger partial charge in [0, 0.05) is 11.6 Å². The molecule has 3 rings (SSSR count). The maximum atomic E-state index is 13.0. The third-order valence-electron chi connectivity index (χ3n) is 5.61. The normalized spacial score (nSPS) is 17.3. The highest BCUT2D eigenvalue weighted by molar-refractivity contribution is 9.10. The van der Waals surface area contributed by atoms with E-state index in [2.05, 4.69) is 32.6 Å². The van der Waals surface area contributed by atoms with Gasteiger partial charge in [0.15, 0.2) is 0 Å². The van der Waals surface area contributed by atoms with Crippen LogP contribution in [-0.2, 0) is 19.1 Å². The number of hydrogen-bond acceptors (Lipinski definition) is 7. The number of rotatable bonds is 7. The van der Waals surface area contributed by atoms with E-state index in [9.17, 15) is 19.6 Å². The first-order chi connectivity index (χ1) is 16.7. The molecular weight excluding hydrogens is 534 g/mol. The molecule has 0 bridgehead atoms. The molecule has 0 saturated carbocycles. The first kappa shape index (κ1) is 26.3. The summed E-state index contributed by atoms with van der Waals surface area (Å²) in [5, 5.41) is 15.8. The van der Waals surface area contributed by atoms with Gasteiger partial charge in [-0.3, -0.25) is 14.4 Å². The van der Waals surface area contributed by atoms with Gasteiger partial charge in [0.05, 0.1) is 41.1 Å². The van der Waals surface area contributed by atoms with Crippen molar-refractivity contribution in [2.24, 2.45) is 5.92 Å². The SMILES string of the molecule is COC(=O)[C@@H]1C(=O)NC(SCC(=O)Nc2c(C)cccc2C)=C(C#N)[C@@H]1c1ccc(OC)c(Br)c1. The molecule has 2 aromatic carbocycles. The van der Waals surface area contributed by atoms with E-state index in [1.54, 1.807) is 18.2 Å². The number of hydrogen-bond donors (Lipinski definition) is 2. The summed E-state index contributed by atoms with van der Waals surface area (Å²) in [6.07, 6.45) is 0. The van der Waals surface area contributed by atoms with E-state index in [0.29, 0.717) is 15.8 Å². The highest BCUT2D eigenvalue weighted by atomic mass is 79.9. The number of para-hydroxylation sites is 1. The number of thioether (sulfide) groups is 1. The van der Waals surface area contributed by atoms with Crippen molar-refractivity contribution in [2.45, 2.75) is 19.8 Å². The van der Waals surface area contributed by atoms with Gasteiger partial charge in [-0.15, -0.1) is 0 Å². The van der Waals surface area contributed by atoms with Crippen molar-refractivity contribution in [1.29, 1.82) is 5.26 Å². The van der Waals surface area contributed by atoms with Gasteiger partial charge in [0.1, 0.15) is 11.7 Å². The quantitative estimate of drug-likeness (QED) is 0.387. The van der Waals surface area contributed by atoms with Gasteiger partial charge < -0.3 is 20.1 Å². The first-order valence-electron chi connectivity index (χ1n) is 10.6. The van der Waals surface area contributed by atoms with Gasteiger partial charge in [0.25, 0.3) is 0 Å². The number of allylic oxidation sites excluding steroid dienone is 1. The fraction of sp³-hybridized carbons (Fsp3) is 0.280. The standard InChI is InChI=1S/C25H24BrN3O5S/c1-13-6-5-7-14(2)22(13)28-19(30)12-35-24-16(11-27)20(21(23(31)29-24)25(32)34-4)15-8-9-18(33-3)17(26)10-15/h5-10,20-21H,12H2,1-4H3,(H,28,30)(H,29,31)/t20-,21-/m0/s1. The Morgan fingerprint density at radius 1 is 1.20 bits per heavy atom. The minimum absolute atomic E-state index is 0.0452. The number of nitrogens with one attached hydrogen (secondary N) is 2. The van der Waals surface area contributed by atoms with E-state index in [1.807, 2.05) is 32.0 Å². The van der Waals surface area contributed by atoms with E-state index in [1.165, 1.54) is 14.2 Å². The Balaban J connectivity index is 1.94. The summed E-state index contributed by atoms with van der Waals surface area (Å²) in [6, 6.07) is 12.9. The molecule has 10 heteroatoms. The summed E-state index contributed by atoms with van der Waals surface area (Å²) in [5.41, 5.74) is 3.31. The lowest BCUT2D eigenvalue weighted by Crippen LogP contribution is -2.44. The molecule has 2 amide bonds. The number of benzene rings is 2. The van der Waals surface area contributed by atoms with E-state index in [-0.39, 0.29) is 22.3 Å². The molecule has 35 heavy (non-hydrogen) atoms. The van der Waals surface area contributed by atoms with Gasteiger partial charge in [-0.2, -0.15) is 5.26 Å². The summed E-state index contributed by atoms with van der Waals surface area (Å²) in [5.74, 6) is -3.30. The molecule has 1 heterocycles. The van der Waals surface area contributed by atoms with Crippen LogP contribution in [0.2, 0.25) is 0 Å². The Morgan fingerprint density at radius 3 is 2.46 bits per heavy atom. The Labute approximate surface area is 216 Å². The first-order valence-corrected chi connectivity index (χ1v) is 12.3. The maximum absolute atomic E-state index is 13.0. The summed E-state index contributed by atoms with van der Waals surface area (Å²) >= 11 is 4.44. The Bertz CT molecular complexity index is 1230. The van der Waals surface area contributed by atoms with Crippen molar-refractivity contribution < 1.29 is 23.9 Å². The molecule has 0 saturated heterocycles. The predicted molar refractivity (Wildman–Crippen MR) is 137 cm³/mol. The molecule has 0 radical (unpaired) electrons. The van der Waals surface area contributed by atoms with Crippen LogP contribution in [0, 0.1) is 31.1 Å². The lowest BCUT2D eigenvalue weighted by atomic mass is 9.78. The zero-order valence-electron chi connectivity index (χ0n) is 19.6. The van der Waals surface area contributed by atoms with Crippen LogP contribution >= 0.6 is 27.7 Å². The number of methoxy groups -OCH3 is 2. The average molecular weight is 558 g/mol. The predicted octanol–water partition coefficient (Wildman–Crippen LogP) is 4.18. The zero-order valence-corrected chi connectivity index (χ0v) is 22.0. The minimum Gasteiger partial charge on any atom is -0.496 e. The van der Waals surface area contributed by atoms with Crippen molar-refractivity contribution >= 4 is 51.2 Å². The summed E-state index contributed by atoms with van der Waals surface area (Å²) in [7, 11) is 2.71. The molecule has 0 spiro atoms. The topological polar surface area (TPSA) is 118 Å². The Kier molecular flexibility index (Phi) is 8.59. The fourth-order valence-corrected chi connectivity index (χ4v) is 5.29. The number of carbonyl (C=O) groups is 3. The second-order valence-corrected chi connectivity index (χ2v) is 9.66. The molecule has 0 aliphatic carbocycles. The van der Waals surface area contributed by atoms with Gasteiger partial charge in [-0.1, -0.05) is 36.0 Å². The van der Waals surface area contributed by atoms with Crippen LogP contribution in [0.1, 0.15) is 22.6 Å². The zero-order chi connectivity index (χ0) is 25.7. The largest absolute Gasteiger partial charge is 0.496 e. The number of ether oxygens (including phenoxy) is 2. The number of nitrogens with zero attached hydrogens (tertiary/aromatic N) is 1. The number of anilines is 1. The number of halogens is 1. The molecule has 182 valence electrons. The lowest BCUT2D eigenvalue weighted by Gasteiger charge is -2.31. The summed E-state index contributed by atoms with van der Waals surface area (Å²) in [4.78, 5) is 38.2. The minimum atomic E-state index is -1.26. The molecule has 1 aliphatic rings. The second-order valence-electron chi connectivity index (χ2n) is 7.82. The highest BCUT2D eigenvalue weighted by Crippen LogP contribution is 2.42. The third kappa shape index (κ3) is 5.69. The van der Waals surface area contributed by atoms with Crippen molar-refractivity contribution in [1.82, 2.24) is 5.32 Å². The van der Waals surface area contributed by atoms with Crippen LogP contribution in [0.4, 0.5) is 5.69 Å². The number of nitriles is 1. The van der Waals surface area contributed by atoms with Crippen molar-refractivity contribution in [3.63, 3.8) is 0 Å². The van der Waals surface area contributed by atoms with Crippen LogP contribution in [0.5, 0.6) is 5.75 Å². The molecule has 0 aromatic heterocycles. The van der Waals surface area contributed by atoms with Crippen LogP contribution < -0.4 is 15.4 Å². The van der Waals surface area contributed by atoms with Crippen molar-refractivity contribution in [3.05, 3.63) is 68.2 Å². The smallest absolute Gasteiger partial charge is 0.319 e. The number of aryl methyl sites for hydroxylation is 2. The van der Waals surface area contributed by atoms with E-state index >= 15 is 0 Å². The second kappa shape index (κ2) is 11.4. The number of esters is 1. The maximum Gasteiger partial charge on any atom is 0.319 e.